The van der Waals surface area contributed by atoms with Crippen LogP contribution in [0.25, 0.3) is 16.5 Å². The van der Waals surface area contributed by atoms with Crippen molar-refractivity contribution in [2.45, 2.75) is 24.7 Å². The van der Waals surface area contributed by atoms with Crippen LogP contribution in [0.15, 0.2) is 59.9 Å². The molecule has 0 atom stereocenters. The van der Waals surface area contributed by atoms with Crippen molar-refractivity contribution < 1.29 is 34.8 Å². The van der Waals surface area contributed by atoms with E-state index in [9.17, 15) is 34.8 Å². The number of imidazole rings is 1. The quantitative estimate of drug-likeness (QED) is 0.255. The molecule has 1 aliphatic heterocycles. The third-order valence-corrected chi connectivity index (χ3v) is 9.14. The van der Waals surface area contributed by atoms with Crippen molar-refractivity contribution in [2.75, 3.05) is 12.4 Å². The maximum absolute atomic E-state index is 13.9. The number of nitrogens with one attached hydrogen (secondary N) is 1. The van der Waals surface area contributed by atoms with Crippen molar-refractivity contribution in [3.05, 3.63) is 87.4 Å². The van der Waals surface area contributed by atoms with E-state index < -0.39 is 27.3 Å². The van der Waals surface area contributed by atoms with Gasteiger partial charge in [0, 0.05) is 40.1 Å². The van der Waals surface area contributed by atoms with Crippen LogP contribution in [0, 0.1) is 0 Å². The van der Waals surface area contributed by atoms with E-state index in [0.29, 0.717) is 16.0 Å². The SMILES string of the molecule is O=S(=O)(n1ccnc1CN1CSC(=C(Cc2ccc(Cl)cc2C(F)(F)F)c2ccc3[nH]ncc3c2)C1)C(F)(F)F. The van der Waals surface area contributed by atoms with Crippen molar-refractivity contribution in [3.8, 4) is 0 Å². The maximum atomic E-state index is 13.9. The predicted molar refractivity (Wildman–Crippen MR) is 139 cm³/mol. The van der Waals surface area contributed by atoms with Crippen LogP contribution in [0.2, 0.25) is 5.02 Å². The first-order chi connectivity index (χ1) is 18.7. The number of alkyl halides is 6. The van der Waals surface area contributed by atoms with Gasteiger partial charge in [0.1, 0.15) is 5.82 Å². The van der Waals surface area contributed by atoms with E-state index in [1.54, 1.807) is 29.3 Å². The van der Waals surface area contributed by atoms with Gasteiger partial charge in [-0.3, -0.25) is 10.00 Å². The maximum Gasteiger partial charge on any atom is 0.517 e. The summed E-state index contributed by atoms with van der Waals surface area (Å²) in [4.78, 5) is 6.14. The summed E-state index contributed by atoms with van der Waals surface area (Å²) in [6.07, 6.45) is -1.49. The van der Waals surface area contributed by atoms with E-state index in [-0.39, 0.29) is 45.8 Å². The number of allylic oxidation sites excluding steroid dienone is 1. The minimum Gasteiger partial charge on any atom is -0.282 e. The van der Waals surface area contributed by atoms with Crippen molar-refractivity contribution in [1.82, 2.24) is 24.1 Å². The lowest BCUT2D eigenvalue weighted by Gasteiger charge is -2.18. The van der Waals surface area contributed by atoms with E-state index >= 15 is 0 Å². The second kappa shape index (κ2) is 10.4. The van der Waals surface area contributed by atoms with Gasteiger partial charge in [-0.25, -0.2) is 8.96 Å². The Kier molecular flexibility index (Phi) is 7.44. The molecule has 0 aliphatic carbocycles. The highest BCUT2D eigenvalue weighted by Crippen LogP contribution is 2.40. The van der Waals surface area contributed by atoms with E-state index in [1.165, 1.54) is 23.9 Å². The Morgan fingerprint density at radius 3 is 2.60 bits per heavy atom. The summed E-state index contributed by atoms with van der Waals surface area (Å²) in [5.41, 5.74) is -4.44. The molecule has 0 saturated carbocycles. The van der Waals surface area contributed by atoms with E-state index in [0.717, 1.165) is 29.4 Å². The highest BCUT2D eigenvalue weighted by molar-refractivity contribution is 8.03. The zero-order chi connectivity index (χ0) is 28.9. The molecular weight excluding hydrogens is 604 g/mol. The zero-order valence-corrected chi connectivity index (χ0v) is 22.5. The van der Waals surface area contributed by atoms with Crippen LogP contribution >= 0.6 is 23.4 Å². The second-order valence-corrected chi connectivity index (χ2v) is 12.2. The fourth-order valence-corrected chi connectivity index (χ4v) is 6.51. The Morgan fingerprint density at radius 2 is 1.88 bits per heavy atom. The van der Waals surface area contributed by atoms with Gasteiger partial charge in [-0.2, -0.15) is 39.9 Å². The smallest absolute Gasteiger partial charge is 0.282 e. The Bertz CT molecular complexity index is 1710. The average Bonchev–Trinajstić information content (AvgIpc) is 3.63. The number of hydrogen-bond donors (Lipinski definition) is 1. The number of aromatic nitrogens is 4. The molecule has 0 unspecified atom stereocenters. The van der Waals surface area contributed by atoms with Gasteiger partial charge >= 0.3 is 21.7 Å². The van der Waals surface area contributed by atoms with E-state index in [2.05, 4.69) is 15.2 Å². The molecule has 0 amide bonds. The summed E-state index contributed by atoms with van der Waals surface area (Å²) >= 11 is 7.17. The lowest BCUT2D eigenvalue weighted by molar-refractivity contribution is -0.138. The summed E-state index contributed by atoms with van der Waals surface area (Å²) in [7, 11) is -5.67. The molecule has 0 radical (unpaired) electrons. The summed E-state index contributed by atoms with van der Waals surface area (Å²) in [6, 6.07) is 8.85. The van der Waals surface area contributed by atoms with E-state index in [4.69, 9.17) is 11.6 Å². The molecule has 7 nitrogen and oxygen atoms in total. The monoisotopic (exact) mass is 621 g/mol. The molecule has 40 heavy (non-hydrogen) atoms. The van der Waals surface area contributed by atoms with E-state index in [1.807, 2.05) is 0 Å². The average molecular weight is 622 g/mol. The summed E-state index contributed by atoms with van der Waals surface area (Å²) in [5, 5.41) is 7.48. The van der Waals surface area contributed by atoms with Crippen molar-refractivity contribution in [3.63, 3.8) is 0 Å². The van der Waals surface area contributed by atoms with Crippen LogP contribution < -0.4 is 0 Å². The van der Waals surface area contributed by atoms with Gasteiger partial charge in [-0.05, 0) is 47.4 Å². The fraction of sp³-hybridized carbons (Fsp3) is 0.250. The van der Waals surface area contributed by atoms with Gasteiger partial charge in [-0.1, -0.05) is 23.7 Å². The topological polar surface area (TPSA) is 83.9 Å². The first kappa shape index (κ1) is 28.5. The van der Waals surface area contributed by atoms with Gasteiger partial charge in [0.05, 0.1) is 23.8 Å². The molecule has 2 aromatic carbocycles. The standard InChI is InChI=1S/C24H18ClF6N5O2S2/c25-17-3-1-15(19(9-17)23(26,27)28)8-18(14-2-4-20-16(7-14)10-33-34-20)21-11-35(13-39-21)12-22-32-5-6-36(22)40(37,38)24(29,30)31/h1-7,9-10H,8,11-13H2,(H,33,34). The third-order valence-electron chi connectivity index (χ3n) is 6.25. The molecule has 212 valence electrons. The number of nitrogens with zero attached hydrogens (tertiary/aromatic N) is 4. The molecule has 5 rings (SSSR count). The second-order valence-electron chi connectivity index (χ2n) is 8.90. The Morgan fingerprint density at radius 1 is 1.10 bits per heavy atom. The summed E-state index contributed by atoms with van der Waals surface area (Å²) in [6.45, 7) is -0.0844. The molecule has 1 saturated heterocycles. The normalized spacial score (nSPS) is 16.7. The zero-order valence-electron chi connectivity index (χ0n) is 20.1. The van der Waals surface area contributed by atoms with Crippen LogP contribution in [0.5, 0.6) is 0 Å². The van der Waals surface area contributed by atoms with Crippen LogP contribution in [0.1, 0.15) is 22.5 Å². The van der Waals surface area contributed by atoms with Crippen LogP contribution in [-0.4, -0.2) is 50.4 Å². The number of aromatic amines is 1. The number of fused-ring (bicyclic) bond motifs is 1. The minimum atomic E-state index is -5.67. The van der Waals surface area contributed by atoms with Gasteiger partial charge in [0.15, 0.2) is 0 Å². The number of hydrogen-bond acceptors (Lipinski definition) is 6. The molecule has 16 heteroatoms. The molecule has 0 spiro atoms. The highest BCUT2D eigenvalue weighted by atomic mass is 35.5. The van der Waals surface area contributed by atoms with Gasteiger partial charge < -0.3 is 0 Å². The van der Waals surface area contributed by atoms with Crippen LogP contribution in [0.4, 0.5) is 26.3 Å². The molecule has 4 aromatic rings. The molecule has 2 aromatic heterocycles. The summed E-state index contributed by atoms with van der Waals surface area (Å²) < 4.78 is 105. The van der Waals surface area contributed by atoms with Crippen molar-refractivity contribution in [1.29, 1.82) is 0 Å². The first-order valence-electron chi connectivity index (χ1n) is 11.4. The molecule has 1 N–H and O–H groups in total. The van der Waals surface area contributed by atoms with Crippen LogP contribution in [-0.2, 0) is 29.2 Å². The lowest BCUT2D eigenvalue weighted by atomic mass is 9.93. The first-order valence-corrected chi connectivity index (χ1v) is 14.2. The van der Waals surface area contributed by atoms with Gasteiger partial charge in [0.25, 0.3) is 0 Å². The van der Waals surface area contributed by atoms with Gasteiger partial charge in [-0.15, -0.1) is 11.8 Å². The van der Waals surface area contributed by atoms with Crippen molar-refractivity contribution >= 4 is 49.9 Å². The highest BCUT2D eigenvalue weighted by Gasteiger charge is 2.48. The Balaban J connectivity index is 1.52. The fourth-order valence-electron chi connectivity index (χ4n) is 4.36. The molecular formula is C24H18ClF6N5O2S2. The summed E-state index contributed by atoms with van der Waals surface area (Å²) in [5.74, 6) is -0.0871. The number of benzene rings is 2. The number of thioether (sulfide) groups is 1. The number of H-pyrrole nitrogens is 1. The third kappa shape index (κ3) is 5.60. The lowest BCUT2D eigenvalue weighted by Crippen LogP contribution is -2.32. The molecule has 0 bridgehead atoms. The molecule has 3 heterocycles. The largest absolute Gasteiger partial charge is 0.517 e. The Labute approximate surface area is 232 Å². The minimum absolute atomic E-state index is 0.00226. The van der Waals surface area contributed by atoms with Crippen molar-refractivity contribution in [2.24, 2.45) is 0 Å². The molecule has 1 aliphatic rings. The predicted octanol–water partition coefficient (Wildman–Crippen LogP) is 6.29. The van der Waals surface area contributed by atoms with Gasteiger partial charge in [0.2, 0.25) is 0 Å². The Hall–Kier alpha value is -3.01. The van der Waals surface area contributed by atoms with Crippen LogP contribution in [0.3, 0.4) is 0 Å². The number of halogens is 7. The number of rotatable bonds is 6. The molecule has 1 fully saturated rings.